The normalized spacial score (nSPS) is 30.4. The highest BCUT2D eigenvalue weighted by Gasteiger charge is 2.29. The Kier molecular flexibility index (Phi) is 5.62. The van der Waals surface area contributed by atoms with Gasteiger partial charge in [0.1, 0.15) is 0 Å². The molecule has 1 fully saturated rings. The monoisotopic (exact) mass is 213 g/mol. The fourth-order valence-corrected chi connectivity index (χ4v) is 2.72. The van der Waals surface area contributed by atoms with E-state index in [4.69, 9.17) is 4.74 Å². The van der Waals surface area contributed by atoms with E-state index in [-0.39, 0.29) is 0 Å². The van der Waals surface area contributed by atoms with Crippen LogP contribution in [0.1, 0.15) is 46.5 Å². The van der Waals surface area contributed by atoms with E-state index in [0.717, 1.165) is 18.4 Å². The van der Waals surface area contributed by atoms with Crippen molar-refractivity contribution in [3.8, 4) is 0 Å². The van der Waals surface area contributed by atoms with E-state index in [0.29, 0.717) is 12.1 Å². The van der Waals surface area contributed by atoms with E-state index >= 15 is 0 Å². The molecule has 4 atom stereocenters. The van der Waals surface area contributed by atoms with Crippen LogP contribution in [0.15, 0.2) is 0 Å². The van der Waals surface area contributed by atoms with Gasteiger partial charge in [-0.2, -0.15) is 0 Å². The van der Waals surface area contributed by atoms with E-state index in [1.807, 2.05) is 0 Å². The van der Waals surface area contributed by atoms with Crippen LogP contribution < -0.4 is 5.32 Å². The van der Waals surface area contributed by atoms with Crippen molar-refractivity contribution in [2.24, 2.45) is 11.8 Å². The summed E-state index contributed by atoms with van der Waals surface area (Å²) in [6.07, 6.45) is 5.64. The summed E-state index contributed by atoms with van der Waals surface area (Å²) in [4.78, 5) is 0. The molecule has 4 unspecified atom stereocenters. The Bertz CT molecular complexity index is 172. The summed E-state index contributed by atoms with van der Waals surface area (Å²) in [6.45, 7) is 7.77. The average Bonchev–Trinajstić information content (AvgIpc) is 2.61. The van der Waals surface area contributed by atoms with Gasteiger partial charge >= 0.3 is 0 Å². The van der Waals surface area contributed by atoms with Gasteiger partial charge in [-0.3, -0.25) is 0 Å². The van der Waals surface area contributed by atoms with E-state index in [2.05, 4.69) is 33.1 Å². The first kappa shape index (κ1) is 13.0. The Labute approximate surface area is 94.8 Å². The predicted molar refractivity (Wildman–Crippen MR) is 65.1 cm³/mol. The molecule has 0 aliphatic carbocycles. The quantitative estimate of drug-likeness (QED) is 0.732. The lowest BCUT2D eigenvalue weighted by Gasteiger charge is -2.25. The second kappa shape index (κ2) is 6.49. The van der Waals surface area contributed by atoms with Gasteiger partial charge in [-0.05, 0) is 32.7 Å². The zero-order valence-electron chi connectivity index (χ0n) is 10.8. The lowest BCUT2D eigenvalue weighted by molar-refractivity contribution is 0.116. The number of rotatable bonds is 6. The molecule has 1 rings (SSSR count). The number of nitrogens with one attached hydrogen (secondary N) is 1. The summed E-state index contributed by atoms with van der Waals surface area (Å²) in [5.41, 5.74) is 0. The second-order valence-electron chi connectivity index (χ2n) is 5.16. The molecule has 0 saturated carbocycles. The summed E-state index contributed by atoms with van der Waals surface area (Å²) >= 11 is 0. The van der Waals surface area contributed by atoms with Gasteiger partial charge in [0.15, 0.2) is 0 Å². The molecule has 15 heavy (non-hydrogen) atoms. The summed E-state index contributed by atoms with van der Waals surface area (Å²) in [5.74, 6) is 1.56. The molecule has 0 aromatic heterocycles. The molecular weight excluding hydrogens is 186 g/mol. The lowest BCUT2D eigenvalue weighted by Crippen LogP contribution is -2.35. The highest BCUT2D eigenvalue weighted by Crippen LogP contribution is 2.26. The lowest BCUT2D eigenvalue weighted by atomic mass is 9.88. The SMILES string of the molecule is CCCC(C)CC(NC)C1COC(C)C1. The fourth-order valence-electron chi connectivity index (χ4n) is 2.72. The highest BCUT2D eigenvalue weighted by molar-refractivity contribution is 4.82. The first-order chi connectivity index (χ1) is 7.17. The summed E-state index contributed by atoms with van der Waals surface area (Å²) in [5, 5.41) is 3.47. The highest BCUT2D eigenvalue weighted by atomic mass is 16.5. The number of hydrogen-bond donors (Lipinski definition) is 1. The van der Waals surface area contributed by atoms with E-state index in [1.54, 1.807) is 0 Å². The fraction of sp³-hybridized carbons (Fsp3) is 1.00. The van der Waals surface area contributed by atoms with Gasteiger partial charge in [0.25, 0.3) is 0 Å². The zero-order valence-corrected chi connectivity index (χ0v) is 10.8. The molecule has 0 spiro atoms. The maximum absolute atomic E-state index is 5.65. The minimum absolute atomic E-state index is 0.465. The molecule has 1 aliphatic heterocycles. The van der Waals surface area contributed by atoms with Crippen molar-refractivity contribution in [2.45, 2.75) is 58.6 Å². The first-order valence-corrected chi connectivity index (χ1v) is 6.46. The minimum atomic E-state index is 0.465. The van der Waals surface area contributed by atoms with Crippen LogP contribution in [0.25, 0.3) is 0 Å². The van der Waals surface area contributed by atoms with Crippen molar-refractivity contribution in [3.05, 3.63) is 0 Å². The van der Waals surface area contributed by atoms with Gasteiger partial charge < -0.3 is 10.1 Å². The molecule has 90 valence electrons. The Morgan fingerprint density at radius 3 is 2.67 bits per heavy atom. The number of ether oxygens (including phenoxy) is 1. The van der Waals surface area contributed by atoms with Crippen LogP contribution in [0.5, 0.6) is 0 Å². The standard InChI is InChI=1S/C13H27NO/c1-5-6-10(2)7-13(14-4)12-8-11(3)15-9-12/h10-14H,5-9H2,1-4H3. The minimum Gasteiger partial charge on any atom is -0.378 e. The number of hydrogen-bond acceptors (Lipinski definition) is 2. The Hall–Kier alpha value is -0.0800. The Morgan fingerprint density at radius 2 is 2.20 bits per heavy atom. The zero-order chi connectivity index (χ0) is 11.3. The molecule has 1 saturated heterocycles. The largest absolute Gasteiger partial charge is 0.378 e. The molecule has 1 N–H and O–H groups in total. The summed E-state index contributed by atoms with van der Waals surface area (Å²) in [6, 6.07) is 0.650. The topological polar surface area (TPSA) is 21.3 Å². The molecule has 2 heteroatoms. The van der Waals surface area contributed by atoms with Crippen LogP contribution in [-0.2, 0) is 4.74 Å². The van der Waals surface area contributed by atoms with Crippen molar-refractivity contribution in [1.29, 1.82) is 0 Å². The van der Waals surface area contributed by atoms with Gasteiger partial charge in [0.05, 0.1) is 12.7 Å². The maximum Gasteiger partial charge on any atom is 0.0551 e. The smallest absolute Gasteiger partial charge is 0.0551 e. The van der Waals surface area contributed by atoms with Crippen LogP contribution in [0, 0.1) is 11.8 Å². The molecular formula is C13H27NO. The van der Waals surface area contributed by atoms with Gasteiger partial charge in [-0.25, -0.2) is 0 Å². The Balaban J connectivity index is 2.34. The van der Waals surface area contributed by atoms with Crippen LogP contribution in [0.4, 0.5) is 0 Å². The van der Waals surface area contributed by atoms with Gasteiger partial charge in [-0.1, -0.05) is 26.7 Å². The predicted octanol–water partition coefficient (Wildman–Crippen LogP) is 2.83. The van der Waals surface area contributed by atoms with Crippen molar-refractivity contribution >= 4 is 0 Å². The molecule has 2 nitrogen and oxygen atoms in total. The van der Waals surface area contributed by atoms with Crippen molar-refractivity contribution < 1.29 is 4.74 Å². The van der Waals surface area contributed by atoms with Gasteiger partial charge in [0.2, 0.25) is 0 Å². The first-order valence-electron chi connectivity index (χ1n) is 6.46. The van der Waals surface area contributed by atoms with Crippen LogP contribution in [-0.4, -0.2) is 25.8 Å². The van der Waals surface area contributed by atoms with E-state index in [1.165, 1.54) is 25.7 Å². The van der Waals surface area contributed by atoms with Crippen molar-refractivity contribution in [1.82, 2.24) is 5.32 Å². The molecule has 0 aromatic carbocycles. The van der Waals surface area contributed by atoms with Crippen LogP contribution in [0.2, 0.25) is 0 Å². The summed E-state index contributed by atoms with van der Waals surface area (Å²) < 4.78 is 5.65. The molecule has 1 aliphatic rings. The van der Waals surface area contributed by atoms with Gasteiger partial charge in [0, 0.05) is 12.0 Å². The third-order valence-electron chi connectivity index (χ3n) is 3.61. The maximum atomic E-state index is 5.65. The van der Waals surface area contributed by atoms with E-state index < -0.39 is 0 Å². The van der Waals surface area contributed by atoms with Crippen LogP contribution >= 0.6 is 0 Å². The second-order valence-corrected chi connectivity index (χ2v) is 5.16. The molecule has 0 radical (unpaired) electrons. The van der Waals surface area contributed by atoms with Crippen molar-refractivity contribution in [2.75, 3.05) is 13.7 Å². The molecule has 1 heterocycles. The molecule has 0 amide bonds. The molecule has 0 bridgehead atoms. The third kappa shape index (κ3) is 4.12. The van der Waals surface area contributed by atoms with Crippen molar-refractivity contribution in [3.63, 3.8) is 0 Å². The third-order valence-corrected chi connectivity index (χ3v) is 3.61. The average molecular weight is 213 g/mol. The Morgan fingerprint density at radius 1 is 1.47 bits per heavy atom. The molecule has 0 aromatic rings. The summed E-state index contributed by atoms with van der Waals surface area (Å²) in [7, 11) is 2.09. The van der Waals surface area contributed by atoms with Crippen LogP contribution in [0.3, 0.4) is 0 Å². The van der Waals surface area contributed by atoms with E-state index in [9.17, 15) is 0 Å². The van der Waals surface area contributed by atoms with Gasteiger partial charge in [-0.15, -0.1) is 0 Å².